The summed E-state index contributed by atoms with van der Waals surface area (Å²) in [5.41, 5.74) is 5.90. The van der Waals surface area contributed by atoms with Crippen LogP contribution >= 0.6 is 11.6 Å². The van der Waals surface area contributed by atoms with E-state index >= 15 is 0 Å². The van der Waals surface area contributed by atoms with Gasteiger partial charge in [-0.25, -0.2) is 13.1 Å². The van der Waals surface area contributed by atoms with E-state index in [2.05, 4.69) is 18.6 Å². The summed E-state index contributed by atoms with van der Waals surface area (Å²) < 4.78 is 27.1. The first-order valence-corrected chi connectivity index (χ1v) is 8.81. The molecule has 1 rings (SSSR count). The van der Waals surface area contributed by atoms with Crippen molar-refractivity contribution < 1.29 is 8.42 Å². The smallest absolute Gasteiger partial charge is 0.242 e. The van der Waals surface area contributed by atoms with Crippen LogP contribution in [-0.2, 0) is 10.0 Å². The minimum Gasteiger partial charge on any atom is -0.398 e. The first-order chi connectivity index (χ1) is 9.40. The molecule has 1 aromatic rings. The second-order valence-electron chi connectivity index (χ2n) is 4.95. The summed E-state index contributed by atoms with van der Waals surface area (Å²) in [6, 6.07) is 4.42. The lowest BCUT2D eigenvalue weighted by atomic mass is 10.00. The third kappa shape index (κ3) is 4.96. The second kappa shape index (κ2) is 7.86. The third-order valence-electron chi connectivity index (χ3n) is 3.37. The quantitative estimate of drug-likeness (QED) is 0.721. The molecule has 0 aliphatic carbocycles. The molecule has 1 unspecified atom stereocenters. The Bertz CT molecular complexity index is 532. The molecule has 0 amide bonds. The molecule has 0 aliphatic heterocycles. The minimum atomic E-state index is -3.57. The number of nitrogens with one attached hydrogen (secondary N) is 1. The zero-order valence-corrected chi connectivity index (χ0v) is 13.6. The molecule has 0 heterocycles. The molecule has 0 bridgehead atoms. The van der Waals surface area contributed by atoms with E-state index in [1.807, 2.05) is 0 Å². The molecule has 20 heavy (non-hydrogen) atoms. The number of hydrogen-bond acceptors (Lipinski definition) is 3. The van der Waals surface area contributed by atoms with Crippen molar-refractivity contribution in [2.24, 2.45) is 5.92 Å². The van der Waals surface area contributed by atoms with Crippen LogP contribution in [0, 0.1) is 5.92 Å². The zero-order chi connectivity index (χ0) is 15.2. The SMILES string of the molecule is CCCCC(CC)CNS(=O)(=O)c1ccc(Cl)cc1N. The summed E-state index contributed by atoms with van der Waals surface area (Å²) in [5, 5.41) is 0.427. The molecular formula is C14H23ClN2O2S. The maximum Gasteiger partial charge on any atom is 0.242 e. The number of benzene rings is 1. The summed E-state index contributed by atoms with van der Waals surface area (Å²) in [6.45, 7) is 4.65. The van der Waals surface area contributed by atoms with Gasteiger partial charge in [0, 0.05) is 11.6 Å². The molecule has 0 aliphatic rings. The van der Waals surface area contributed by atoms with E-state index in [1.165, 1.54) is 18.2 Å². The van der Waals surface area contributed by atoms with Crippen molar-refractivity contribution in [3.63, 3.8) is 0 Å². The Labute approximate surface area is 126 Å². The van der Waals surface area contributed by atoms with Crippen molar-refractivity contribution >= 4 is 27.3 Å². The van der Waals surface area contributed by atoms with E-state index in [0.29, 0.717) is 17.5 Å². The monoisotopic (exact) mass is 318 g/mol. The van der Waals surface area contributed by atoms with Gasteiger partial charge in [0.2, 0.25) is 10.0 Å². The summed E-state index contributed by atoms with van der Waals surface area (Å²) in [4.78, 5) is 0.0900. The van der Waals surface area contributed by atoms with Crippen molar-refractivity contribution in [3.05, 3.63) is 23.2 Å². The first kappa shape index (κ1) is 17.3. The lowest BCUT2D eigenvalue weighted by Crippen LogP contribution is -2.29. The van der Waals surface area contributed by atoms with E-state index in [0.717, 1.165) is 25.7 Å². The number of sulfonamides is 1. The van der Waals surface area contributed by atoms with Crippen LogP contribution in [0.15, 0.2) is 23.1 Å². The molecule has 6 heteroatoms. The Kier molecular flexibility index (Phi) is 6.79. The number of nitrogens with two attached hydrogens (primary N) is 1. The molecule has 0 spiro atoms. The van der Waals surface area contributed by atoms with E-state index in [-0.39, 0.29) is 10.6 Å². The molecule has 0 radical (unpaired) electrons. The average molecular weight is 319 g/mol. The van der Waals surface area contributed by atoms with Gasteiger partial charge in [-0.05, 0) is 30.5 Å². The molecule has 4 nitrogen and oxygen atoms in total. The minimum absolute atomic E-state index is 0.0900. The van der Waals surface area contributed by atoms with Crippen molar-refractivity contribution in [3.8, 4) is 0 Å². The van der Waals surface area contributed by atoms with Crippen molar-refractivity contribution in [2.75, 3.05) is 12.3 Å². The van der Waals surface area contributed by atoms with Gasteiger partial charge in [0.1, 0.15) is 4.90 Å². The van der Waals surface area contributed by atoms with E-state index in [9.17, 15) is 8.42 Å². The first-order valence-electron chi connectivity index (χ1n) is 6.95. The van der Waals surface area contributed by atoms with Crippen molar-refractivity contribution in [1.82, 2.24) is 4.72 Å². The normalized spacial score (nSPS) is 13.3. The average Bonchev–Trinajstić information content (AvgIpc) is 2.38. The standard InChI is InChI=1S/C14H23ClN2O2S/c1-3-5-6-11(4-2)10-17-20(18,19)14-8-7-12(15)9-13(14)16/h7-9,11,17H,3-6,10,16H2,1-2H3. The van der Waals surface area contributed by atoms with Crippen LogP contribution in [0.4, 0.5) is 5.69 Å². The van der Waals surface area contributed by atoms with E-state index in [1.54, 1.807) is 0 Å². The number of rotatable bonds is 8. The Morgan fingerprint density at radius 1 is 1.35 bits per heavy atom. The molecule has 0 fully saturated rings. The van der Waals surface area contributed by atoms with Gasteiger partial charge in [-0.2, -0.15) is 0 Å². The summed E-state index contributed by atoms with van der Waals surface area (Å²) in [6.07, 6.45) is 4.22. The van der Waals surface area contributed by atoms with E-state index in [4.69, 9.17) is 17.3 Å². The Morgan fingerprint density at radius 2 is 2.05 bits per heavy atom. The summed E-state index contributed by atoms with van der Waals surface area (Å²) >= 11 is 5.78. The number of anilines is 1. The fourth-order valence-electron chi connectivity index (χ4n) is 2.01. The highest BCUT2D eigenvalue weighted by Gasteiger charge is 2.18. The molecule has 1 atom stereocenters. The topological polar surface area (TPSA) is 72.2 Å². The number of unbranched alkanes of at least 4 members (excludes halogenated alkanes) is 1. The van der Waals surface area contributed by atoms with Crippen LogP contribution in [0.2, 0.25) is 5.02 Å². The van der Waals surface area contributed by atoms with Gasteiger partial charge >= 0.3 is 0 Å². The van der Waals surface area contributed by atoms with Crippen molar-refractivity contribution in [2.45, 2.75) is 44.4 Å². The zero-order valence-electron chi connectivity index (χ0n) is 12.0. The molecule has 0 saturated carbocycles. The molecule has 0 aromatic heterocycles. The highest BCUT2D eigenvalue weighted by molar-refractivity contribution is 7.89. The van der Waals surface area contributed by atoms with Crippen LogP contribution in [0.25, 0.3) is 0 Å². The molecule has 1 aromatic carbocycles. The third-order valence-corrected chi connectivity index (χ3v) is 5.10. The second-order valence-corrected chi connectivity index (χ2v) is 7.12. The summed E-state index contributed by atoms with van der Waals surface area (Å²) in [7, 11) is -3.57. The van der Waals surface area contributed by atoms with Crippen LogP contribution in [0.1, 0.15) is 39.5 Å². The Balaban J connectivity index is 2.74. The fourth-order valence-corrected chi connectivity index (χ4v) is 3.42. The van der Waals surface area contributed by atoms with E-state index < -0.39 is 10.0 Å². The largest absolute Gasteiger partial charge is 0.398 e. The highest BCUT2D eigenvalue weighted by Crippen LogP contribution is 2.22. The Morgan fingerprint density at radius 3 is 2.60 bits per heavy atom. The van der Waals surface area contributed by atoms with Gasteiger partial charge in [-0.3, -0.25) is 0 Å². The number of hydrogen-bond donors (Lipinski definition) is 2. The maximum absolute atomic E-state index is 12.2. The fraction of sp³-hybridized carbons (Fsp3) is 0.571. The molecule has 114 valence electrons. The molecule has 3 N–H and O–H groups in total. The van der Waals surface area contributed by atoms with Gasteiger partial charge in [0.05, 0.1) is 5.69 Å². The number of nitrogen functional groups attached to an aromatic ring is 1. The predicted octanol–water partition coefficient (Wildman–Crippen LogP) is 3.42. The van der Waals surface area contributed by atoms with Crippen LogP contribution in [0.3, 0.4) is 0 Å². The summed E-state index contributed by atoms with van der Waals surface area (Å²) in [5.74, 6) is 0.359. The van der Waals surface area contributed by atoms with Gasteiger partial charge in [-0.1, -0.05) is 44.7 Å². The van der Waals surface area contributed by atoms with Gasteiger partial charge in [0.25, 0.3) is 0 Å². The lowest BCUT2D eigenvalue weighted by Gasteiger charge is -2.16. The van der Waals surface area contributed by atoms with Gasteiger partial charge in [-0.15, -0.1) is 0 Å². The van der Waals surface area contributed by atoms with Crippen LogP contribution in [0.5, 0.6) is 0 Å². The van der Waals surface area contributed by atoms with Gasteiger partial charge < -0.3 is 5.73 Å². The molecule has 0 saturated heterocycles. The highest BCUT2D eigenvalue weighted by atomic mass is 35.5. The molecular weight excluding hydrogens is 296 g/mol. The maximum atomic E-state index is 12.2. The number of halogens is 1. The van der Waals surface area contributed by atoms with Gasteiger partial charge in [0.15, 0.2) is 0 Å². The lowest BCUT2D eigenvalue weighted by molar-refractivity contribution is 0.444. The van der Waals surface area contributed by atoms with Crippen molar-refractivity contribution in [1.29, 1.82) is 0 Å². The van der Waals surface area contributed by atoms with Crippen LogP contribution in [-0.4, -0.2) is 15.0 Å². The van der Waals surface area contributed by atoms with Crippen LogP contribution < -0.4 is 10.5 Å². The Hall–Kier alpha value is -0.780. The predicted molar refractivity (Wildman–Crippen MR) is 84.4 cm³/mol.